The Bertz CT molecular complexity index is 892. The monoisotopic (exact) mass is 374 g/mol. The number of rotatable bonds is 4. The van der Waals surface area contributed by atoms with Crippen molar-refractivity contribution in [2.75, 3.05) is 10.6 Å². The van der Waals surface area contributed by atoms with Crippen molar-refractivity contribution in [1.29, 1.82) is 0 Å². The lowest BCUT2D eigenvalue weighted by Crippen LogP contribution is -2.18. The van der Waals surface area contributed by atoms with Crippen LogP contribution in [0, 0.1) is 12.7 Å². The van der Waals surface area contributed by atoms with Gasteiger partial charge in [0.25, 0.3) is 0 Å². The first-order valence-corrected chi connectivity index (χ1v) is 8.39. The highest BCUT2D eigenvalue weighted by molar-refractivity contribution is 7.80. The maximum Gasteiger partial charge on any atom is 0.175 e. The van der Waals surface area contributed by atoms with Gasteiger partial charge < -0.3 is 10.6 Å². The van der Waals surface area contributed by atoms with Crippen molar-refractivity contribution in [3.8, 4) is 0 Å². The Labute approximate surface area is 155 Å². The lowest BCUT2D eigenvalue weighted by atomic mass is 10.2. The minimum atomic E-state index is -0.251. The second kappa shape index (κ2) is 7.63. The van der Waals surface area contributed by atoms with Crippen LogP contribution in [-0.2, 0) is 6.54 Å². The van der Waals surface area contributed by atoms with E-state index in [9.17, 15) is 4.39 Å². The fourth-order valence-electron chi connectivity index (χ4n) is 2.26. The van der Waals surface area contributed by atoms with Gasteiger partial charge in [-0.3, -0.25) is 4.68 Å². The normalized spacial score (nSPS) is 10.5. The SMILES string of the molecule is Cc1ccc(NC(=S)Nc2cnn(Cc3ccc(F)cc3)c2)cc1Cl. The highest BCUT2D eigenvalue weighted by Crippen LogP contribution is 2.20. The molecule has 1 aromatic heterocycles. The van der Waals surface area contributed by atoms with E-state index in [1.54, 1.807) is 23.0 Å². The Morgan fingerprint density at radius 2 is 1.88 bits per heavy atom. The second-order valence-corrected chi connectivity index (χ2v) is 6.41. The van der Waals surface area contributed by atoms with Crippen LogP contribution in [0.25, 0.3) is 0 Å². The van der Waals surface area contributed by atoms with Gasteiger partial charge >= 0.3 is 0 Å². The van der Waals surface area contributed by atoms with Crippen LogP contribution in [0.1, 0.15) is 11.1 Å². The first-order chi connectivity index (χ1) is 12.0. The van der Waals surface area contributed by atoms with Gasteiger partial charge in [-0.25, -0.2) is 4.39 Å². The van der Waals surface area contributed by atoms with Crippen molar-refractivity contribution >= 4 is 40.3 Å². The molecule has 0 atom stereocenters. The van der Waals surface area contributed by atoms with Gasteiger partial charge in [-0.1, -0.05) is 29.8 Å². The standard InChI is InChI=1S/C18H16ClFN4S/c1-12-2-7-15(8-17(12)19)22-18(25)23-16-9-21-24(11-16)10-13-3-5-14(20)6-4-13/h2-9,11H,10H2,1H3,(H2,22,23,25). The van der Waals surface area contributed by atoms with Crippen LogP contribution in [0.15, 0.2) is 54.9 Å². The molecule has 25 heavy (non-hydrogen) atoms. The van der Waals surface area contributed by atoms with Gasteiger partial charge in [-0.15, -0.1) is 0 Å². The zero-order valence-electron chi connectivity index (χ0n) is 13.5. The third kappa shape index (κ3) is 4.78. The molecule has 3 aromatic rings. The van der Waals surface area contributed by atoms with E-state index in [2.05, 4.69) is 15.7 Å². The van der Waals surface area contributed by atoms with Crippen LogP contribution >= 0.6 is 23.8 Å². The molecule has 4 nitrogen and oxygen atoms in total. The van der Waals surface area contributed by atoms with Crippen molar-refractivity contribution in [3.05, 3.63) is 76.8 Å². The summed E-state index contributed by atoms with van der Waals surface area (Å²) in [5.74, 6) is -0.251. The molecular weight excluding hydrogens is 359 g/mol. The summed E-state index contributed by atoms with van der Waals surface area (Å²) in [5.41, 5.74) is 3.55. The molecule has 0 saturated heterocycles. The molecule has 0 aliphatic rings. The summed E-state index contributed by atoms with van der Waals surface area (Å²) in [6.45, 7) is 2.49. The average Bonchev–Trinajstić information content (AvgIpc) is 3.00. The zero-order chi connectivity index (χ0) is 17.8. The van der Waals surface area contributed by atoms with Gasteiger partial charge in [0.2, 0.25) is 0 Å². The van der Waals surface area contributed by atoms with Crippen molar-refractivity contribution in [3.63, 3.8) is 0 Å². The first kappa shape index (κ1) is 17.4. The van der Waals surface area contributed by atoms with E-state index in [1.165, 1.54) is 12.1 Å². The molecule has 0 fully saturated rings. The smallest absolute Gasteiger partial charge is 0.175 e. The van der Waals surface area contributed by atoms with Crippen molar-refractivity contribution < 1.29 is 4.39 Å². The van der Waals surface area contributed by atoms with Gasteiger partial charge in [0.05, 0.1) is 18.4 Å². The quantitative estimate of drug-likeness (QED) is 0.641. The molecule has 2 N–H and O–H groups in total. The molecule has 0 amide bonds. The molecule has 1 heterocycles. The van der Waals surface area contributed by atoms with Crippen molar-refractivity contribution in [1.82, 2.24) is 9.78 Å². The molecule has 0 aliphatic heterocycles. The fourth-order valence-corrected chi connectivity index (χ4v) is 2.67. The van der Waals surface area contributed by atoms with E-state index in [-0.39, 0.29) is 5.82 Å². The summed E-state index contributed by atoms with van der Waals surface area (Å²) in [5, 5.41) is 11.6. The minimum Gasteiger partial charge on any atom is -0.332 e. The number of benzene rings is 2. The molecule has 0 spiro atoms. The number of hydrogen-bond acceptors (Lipinski definition) is 2. The molecule has 0 unspecified atom stereocenters. The van der Waals surface area contributed by atoms with Crippen LogP contribution in [0.2, 0.25) is 5.02 Å². The van der Waals surface area contributed by atoms with E-state index in [4.69, 9.17) is 23.8 Å². The molecule has 0 saturated carbocycles. The summed E-state index contributed by atoms with van der Waals surface area (Å²) in [6.07, 6.45) is 3.51. The number of anilines is 2. The summed E-state index contributed by atoms with van der Waals surface area (Å²) >= 11 is 11.4. The Hall–Kier alpha value is -2.44. The maximum atomic E-state index is 12.9. The number of thiocarbonyl (C=S) groups is 1. The molecule has 3 rings (SSSR count). The van der Waals surface area contributed by atoms with Crippen LogP contribution in [0.3, 0.4) is 0 Å². The van der Waals surface area contributed by atoms with Gasteiger partial charge in [0, 0.05) is 16.9 Å². The third-order valence-electron chi connectivity index (χ3n) is 3.58. The lowest BCUT2D eigenvalue weighted by Gasteiger charge is -2.10. The summed E-state index contributed by atoms with van der Waals surface area (Å²) in [7, 11) is 0. The summed E-state index contributed by atoms with van der Waals surface area (Å²) in [6, 6.07) is 12.0. The van der Waals surface area contributed by atoms with E-state index >= 15 is 0 Å². The number of halogens is 2. The maximum absolute atomic E-state index is 12.9. The predicted molar refractivity (Wildman–Crippen MR) is 104 cm³/mol. The predicted octanol–water partition coefficient (Wildman–Crippen LogP) is 4.84. The van der Waals surface area contributed by atoms with Crippen LogP contribution in [-0.4, -0.2) is 14.9 Å². The highest BCUT2D eigenvalue weighted by Gasteiger charge is 2.04. The summed E-state index contributed by atoms with van der Waals surface area (Å²) < 4.78 is 14.7. The molecule has 0 bridgehead atoms. The van der Waals surface area contributed by atoms with Crippen LogP contribution in [0.5, 0.6) is 0 Å². The van der Waals surface area contributed by atoms with Crippen molar-refractivity contribution in [2.24, 2.45) is 0 Å². The molecular formula is C18H16ClFN4S. The lowest BCUT2D eigenvalue weighted by molar-refractivity contribution is 0.624. The van der Waals surface area contributed by atoms with Crippen LogP contribution < -0.4 is 10.6 Å². The van der Waals surface area contributed by atoms with Gasteiger partial charge in [0.15, 0.2) is 5.11 Å². The second-order valence-electron chi connectivity index (χ2n) is 5.60. The Balaban J connectivity index is 1.59. The zero-order valence-corrected chi connectivity index (χ0v) is 15.0. The van der Waals surface area contributed by atoms with E-state index < -0.39 is 0 Å². The topological polar surface area (TPSA) is 41.9 Å². The average molecular weight is 375 g/mol. The largest absolute Gasteiger partial charge is 0.332 e. The minimum absolute atomic E-state index is 0.251. The van der Waals surface area contributed by atoms with E-state index in [1.807, 2.05) is 31.3 Å². The van der Waals surface area contributed by atoms with E-state index in [0.29, 0.717) is 16.7 Å². The highest BCUT2D eigenvalue weighted by atomic mass is 35.5. The number of aryl methyl sites for hydroxylation is 1. The number of nitrogens with zero attached hydrogens (tertiary/aromatic N) is 2. The molecule has 0 radical (unpaired) electrons. The summed E-state index contributed by atoms with van der Waals surface area (Å²) in [4.78, 5) is 0. The van der Waals surface area contributed by atoms with Crippen molar-refractivity contribution in [2.45, 2.75) is 13.5 Å². The number of hydrogen-bond donors (Lipinski definition) is 2. The Morgan fingerprint density at radius 1 is 1.16 bits per heavy atom. The van der Waals surface area contributed by atoms with Crippen LogP contribution in [0.4, 0.5) is 15.8 Å². The molecule has 7 heteroatoms. The van der Waals surface area contributed by atoms with E-state index in [0.717, 1.165) is 22.5 Å². The Morgan fingerprint density at radius 3 is 2.60 bits per heavy atom. The number of aromatic nitrogens is 2. The van der Waals surface area contributed by atoms with Gasteiger partial charge in [-0.2, -0.15) is 5.10 Å². The third-order valence-corrected chi connectivity index (χ3v) is 4.19. The molecule has 0 aliphatic carbocycles. The fraction of sp³-hybridized carbons (Fsp3) is 0.111. The van der Waals surface area contributed by atoms with Gasteiger partial charge in [-0.05, 0) is 54.5 Å². The van der Waals surface area contributed by atoms with Gasteiger partial charge in [0.1, 0.15) is 5.82 Å². The Kier molecular flexibility index (Phi) is 5.31. The number of nitrogens with one attached hydrogen (secondary N) is 2. The first-order valence-electron chi connectivity index (χ1n) is 7.61. The molecule has 2 aromatic carbocycles. The molecule has 128 valence electrons.